The minimum atomic E-state index is -0.427. The lowest BCUT2D eigenvalue weighted by Crippen LogP contribution is -2.45. The lowest BCUT2D eigenvalue weighted by atomic mass is 9.80. The standard InChI is InChI=1S/C23H30N2O3/c1-2-22(20-16-24-14-12-18(20)13-15-26)28-23(27)25-21-11-7-6-10-19(21)17-8-4-3-5-9-17/h3-11,18,20,22,24,26H,2,12-16H2,1H3,(H,25,27). The van der Waals surface area contributed by atoms with Gasteiger partial charge >= 0.3 is 6.09 Å². The summed E-state index contributed by atoms with van der Waals surface area (Å²) in [7, 11) is 0. The number of ether oxygens (including phenoxy) is 1. The molecule has 1 aliphatic heterocycles. The van der Waals surface area contributed by atoms with Gasteiger partial charge in [-0.15, -0.1) is 0 Å². The molecule has 3 rings (SSSR count). The highest BCUT2D eigenvalue weighted by atomic mass is 16.6. The maximum Gasteiger partial charge on any atom is 0.411 e. The van der Waals surface area contributed by atoms with Crippen LogP contribution in [0.15, 0.2) is 54.6 Å². The summed E-state index contributed by atoms with van der Waals surface area (Å²) < 4.78 is 5.84. The van der Waals surface area contributed by atoms with E-state index in [1.807, 2.05) is 61.5 Å². The van der Waals surface area contributed by atoms with Crippen molar-refractivity contribution in [2.75, 3.05) is 25.0 Å². The number of aliphatic hydroxyl groups excluding tert-OH is 1. The zero-order valence-electron chi connectivity index (χ0n) is 16.4. The molecule has 2 aromatic carbocycles. The van der Waals surface area contributed by atoms with Crippen LogP contribution in [0.4, 0.5) is 10.5 Å². The average molecular weight is 383 g/mol. The Kier molecular flexibility index (Phi) is 7.46. The summed E-state index contributed by atoms with van der Waals surface area (Å²) in [5.74, 6) is 0.599. The van der Waals surface area contributed by atoms with E-state index >= 15 is 0 Å². The van der Waals surface area contributed by atoms with Gasteiger partial charge in [0.1, 0.15) is 6.10 Å². The third kappa shape index (κ3) is 5.12. The highest BCUT2D eigenvalue weighted by Gasteiger charge is 2.33. The van der Waals surface area contributed by atoms with Gasteiger partial charge in [0.25, 0.3) is 0 Å². The summed E-state index contributed by atoms with van der Waals surface area (Å²) in [6.45, 7) is 3.99. The maximum absolute atomic E-state index is 12.7. The van der Waals surface area contributed by atoms with Gasteiger partial charge in [-0.3, -0.25) is 5.32 Å². The Labute approximate surface area is 167 Å². The third-order valence-electron chi connectivity index (χ3n) is 5.56. The smallest absolute Gasteiger partial charge is 0.411 e. The first-order chi connectivity index (χ1) is 13.7. The number of aliphatic hydroxyl groups is 1. The quantitative estimate of drug-likeness (QED) is 0.668. The zero-order valence-corrected chi connectivity index (χ0v) is 16.4. The number of piperidine rings is 1. The molecule has 5 nitrogen and oxygen atoms in total. The summed E-state index contributed by atoms with van der Waals surface area (Å²) in [5, 5.41) is 15.7. The van der Waals surface area contributed by atoms with Crippen LogP contribution in [0.2, 0.25) is 0 Å². The fourth-order valence-electron chi connectivity index (χ4n) is 4.11. The summed E-state index contributed by atoms with van der Waals surface area (Å²) in [4.78, 5) is 12.7. The molecule has 1 aliphatic rings. The molecular formula is C23H30N2O3. The second-order valence-electron chi connectivity index (χ2n) is 7.32. The van der Waals surface area contributed by atoms with Crippen LogP contribution in [0, 0.1) is 11.8 Å². The van der Waals surface area contributed by atoms with Crippen LogP contribution >= 0.6 is 0 Å². The normalized spacial score (nSPS) is 20.4. The Bertz CT molecular complexity index is 749. The molecular weight excluding hydrogens is 352 g/mol. The molecule has 1 amide bonds. The van der Waals surface area contributed by atoms with E-state index in [-0.39, 0.29) is 18.6 Å². The molecule has 150 valence electrons. The Hall–Kier alpha value is -2.37. The number of carbonyl (C=O) groups is 1. The zero-order chi connectivity index (χ0) is 19.8. The van der Waals surface area contributed by atoms with Crippen LogP contribution in [-0.4, -0.2) is 37.0 Å². The van der Waals surface area contributed by atoms with Gasteiger partial charge in [0.05, 0.1) is 5.69 Å². The first-order valence-corrected chi connectivity index (χ1v) is 10.2. The lowest BCUT2D eigenvalue weighted by Gasteiger charge is -2.36. The number of anilines is 1. The van der Waals surface area contributed by atoms with Crippen LogP contribution in [0.3, 0.4) is 0 Å². The molecule has 0 aromatic heterocycles. The lowest BCUT2D eigenvalue weighted by molar-refractivity contribution is 0.0283. The van der Waals surface area contributed by atoms with Gasteiger partial charge in [-0.25, -0.2) is 4.79 Å². The highest BCUT2D eigenvalue weighted by Crippen LogP contribution is 2.30. The molecule has 3 atom stereocenters. The van der Waals surface area contributed by atoms with E-state index in [1.54, 1.807) is 0 Å². The summed E-state index contributed by atoms with van der Waals surface area (Å²) in [5.41, 5.74) is 2.75. The van der Waals surface area contributed by atoms with Gasteiger partial charge in [0.2, 0.25) is 0 Å². The van der Waals surface area contributed by atoms with E-state index in [1.165, 1.54) is 0 Å². The summed E-state index contributed by atoms with van der Waals surface area (Å²) in [6.07, 6.45) is 1.91. The predicted octanol–water partition coefficient (Wildman–Crippen LogP) is 4.29. The minimum Gasteiger partial charge on any atom is -0.446 e. The van der Waals surface area contributed by atoms with E-state index in [2.05, 4.69) is 10.6 Å². The molecule has 2 aromatic rings. The van der Waals surface area contributed by atoms with Gasteiger partial charge in [-0.2, -0.15) is 0 Å². The Morgan fingerprint density at radius 1 is 1.21 bits per heavy atom. The van der Waals surface area contributed by atoms with E-state index in [9.17, 15) is 9.90 Å². The first kappa shape index (κ1) is 20.4. The Morgan fingerprint density at radius 2 is 1.96 bits per heavy atom. The van der Waals surface area contributed by atoms with Crippen molar-refractivity contribution in [2.24, 2.45) is 11.8 Å². The number of para-hydroxylation sites is 1. The number of hydrogen-bond donors (Lipinski definition) is 3. The van der Waals surface area contributed by atoms with Crippen LogP contribution in [0.25, 0.3) is 11.1 Å². The number of nitrogens with one attached hydrogen (secondary N) is 2. The summed E-state index contributed by atoms with van der Waals surface area (Å²) in [6, 6.07) is 17.7. The fourth-order valence-corrected chi connectivity index (χ4v) is 4.11. The van der Waals surface area contributed by atoms with E-state index in [4.69, 9.17) is 4.74 Å². The van der Waals surface area contributed by atoms with Crippen molar-refractivity contribution >= 4 is 11.8 Å². The van der Waals surface area contributed by atoms with E-state index in [0.29, 0.717) is 5.92 Å². The highest BCUT2D eigenvalue weighted by molar-refractivity contribution is 5.91. The van der Waals surface area contributed by atoms with Gasteiger partial charge < -0.3 is 15.2 Å². The average Bonchev–Trinajstić information content (AvgIpc) is 2.74. The summed E-state index contributed by atoms with van der Waals surface area (Å²) >= 11 is 0. The number of rotatable bonds is 7. The molecule has 0 aliphatic carbocycles. The van der Waals surface area contributed by atoms with Gasteiger partial charge in [0, 0.05) is 24.6 Å². The topological polar surface area (TPSA) is 70.6 Å². The molecule has 0 radical (unpaired) electrons. The number of amides is 1. The molecule has 1 saturated heterocycles. The first-order valence-electron chi connectivity index (χ1n) is 10.2. The SMILES string of the molecule is CCC(OC(=O)Nc1ccccc1-c1ccccc1)C1CNCCC1CCO. The minimum absolute atomic E-state index is 0.173. The Morgan fingerprint density at radius 3 is 2.71 bits per heavy atom. The van der Waals surface area contributed by atoms with Crippen molar-refractivity contribution in [1.29, 1.82) is 0 Å². The van der Waals surface area contributed by atoms with E-state index < -0.39 is 6.09 Å². The van der Waals surface area contributed by atoms with Crippen LogP contribution in [0.1, 0.15) is 26.2 Å². The van der Waals surface area contributed by atoms with Crippen molar-refractivity contribution in [2.45, 2.75) is 32.3 Å². The largest absolute Gasteiger partial charge is 0.446 e. The molecule has 1 heterocycles. The molecule has 5 heteroatoms. The second kappa shape index (κ2) is 10.2. The van der Waals surface area contributed by atoms with Crippen molar-refractivity contribution in [3.8, 4) is 11.1 Å². The molecule has 1 fully saturated rings. The monoisotopic (exact) mass is 382 g/mol. The van der Waals surface area contributed by atoms with Crippen molar-refractivity contribution in [3.05, 3.63) is 54.6 Å². The van der Waals surface area contributed by atoms with Crippen molar-refractivity contribution in [1.82, 2.24) is 5.32 Å². The number of benzene rings is 2. The second-order valence-corrected chi connectivity index (χ2v) is 7.32. The molecule has 3 N–H and O–H groups in total. The van der Waals surface area contributed by atoms with Crippen molar-refractivity contribution < 1.29 is 14.6 Å². The maximum atomic E-state index is 12.7. The molecule has 28 heavy (non-hydrogen) atoms. The van der Waals surface area contributed by atoms with Crippen LogP contribution in [-0.2, 0) is 4.74 Å². The van der Waals surface area contributed by atoms with Gasteiger partial charge in [0.15, 0.2) is 0 Å². The molecule has 0 spiro atoms. The Balaban J connectivity index is 1.69. The van der Waals surface area contributed by atoms with Gasteiger partial charge in [-0.1, -0.05) is 55.5 Å². The van der Waals surface area contributed by atoms with Crippen molar-refractivity contribution in [3.63, 3.8) is 0 Å². The van der Waals surface area contributed by atoms with Gasteiger partial charge in [-0.05, 0) is 43.4 Å². The van der Waals surface area contributed by atoms with Crippen LogP contribution < -0.4 is 10.6 Å². The third-order valence-corrected chi connectivity index (χ3v) is 5.56. The molecule has 0 saturated carbocycles. The fraction of sp³-hybridized carbons (Fsp3) is 0.435. The predicted molar refractivity (Wildman–Crippen MR) is 112 cm³/mol. The number of carbonyl (C=O) groups excluding carboxylic acids is 1. The number of hydrogen-bond acceptors (Lipinski definition) is 4. The van der Waals surface area contributed by atoms with E-state index in [0.717, 1.165) is 49.2 Å². The van der Waals surface area contributed by atoms with Crippen LogP contribution in [0.5, 0.6) is 0 Å². The molecule has 0 bridgehead atoms. The molecule has 3 unspecified atom stereocenters.